The lowest BCUT2D eigenvalue weighted by molar-refractivity contribution is 0.0963. The number of nitrogens with one attached hydrogen (secondary N) is 3. The summed E-state index contributed by atoms with van der Waals surface area (Å²) in [7, 11) is 1.63. The van der Waals surface area contributed by atoms with Gasteiger partial charge in [0, 0.05) is 31.4 Å². The Morgan fingerprint density at radius 3 is 2.65 bits per heavy atom. The molecule has 0 aliphatic carbocycles. The zero-order valence-corrected chi connectivity index (χ0v) is 20.0. The molecule has 1 aromatic heterocycles. The van der Waals surface area contributed by atoms with Gasteiger partial charge in [-0.25, -0.2) is 4.99 Å². The van der Waals surface area contributed by atoms with Gasteiger partial charge in [0.15, 0.2) is 11.8 Å². The van der Waals surface area contributed by atoms with Crippen LogP contribution in [-0.4, -0.2) is 46.8 Å². The fourth-order valence-electron chi connectivity index (χ4n) is 3.00. The van der Waals surface area contributed by atoms with Crippen molar-refractivity contribution in [2.24, 2.45) is 4.99 Å². The van der Waals surface area contributed by atoms with E-state index in [0.717, 1.165) is 30.0 Å². The molecule has 31 heavy (non-hydrogen) atoms. The fraction of sp³-hybridized carbons (Fsp3) is 0.273. The molecule has 0 radical (unpaired) electrons. The molecule has 1 amide bonds. The second-order valence-electron chi connectivity index (χ2n) is 6.60. The lowest BCUT2D eigenvalue weighted by Gasteiger charge is -2.12. The number of para-hydroxylation sites is 1. The highest BCUT2D eigenvalue weighted by Gasteiger charge is 2.07. The Kier molecular flexibility index (Phi) is 9.95. The van der Waals surface area contributed by atoms with Gasteiger partial charge in [-0.1, -0.05) is 30.3 Å². The number of rotatable bonds is 8. The number of hydrogen-bond acceptors (Lipinski definition) is 4. The molecule has 0 saturated heterocycles. The number of halogens is 1. The highest BCUT2D eigenvalue weighted by atomic mass is 127. The molecular formula is C22H28IN7O. The summed E-state index contributed by atoms with van der Waals surface area (Å²) >= 11 is 0. The Bertz CT molecular complexity index is 988. The molecule has 1 heterocycles. The standard InChI is InChI=1S/C22H27N7O.HI/c1-3-24-22(25-13-12-17-8-7-9-18(14-17)21(30)23-2)26-15-20-28-27-16-29(20)19-10-5-4-6-11-19;/h4-11,14,16H,3,12-13,15H2,1-2H3,(H,23,30)(H2,24,25,26);1H. The Morgan fingerprint density at radius 2 is 1.90 bits per heavy atom. The van der Waals surface area contributed by atoms with Gasteiger partial charge >= 0.3 is 0 Å². The number of carbonyl (C=O) groups is 1. The molecule has 2 aromatic carbocycles. The second kappa shape index (κ2) is 12.7. The normalized spacial score (nSPS) is 10.8. The van der Waals surface area contributed by atoms with Crippen molar-refractivity contribution in [2.45, 2.75) is 19.9 Å². The molecule has 3 N–H and O–H groups in total. The maximum absolute atomic E-state index is 11.8. The molecule has 0 saturated carbocycles. The minimum atomic E-state index is -0.0813. The van der Waals surface area contributed by atoms with Crippen LogP contribution in [0.5, 0.6) is 0 Å². The lowest BCUT2D eigenvalue weighted by Crippen LogP contribution is -2.38. The van der Waals surface area contributed by atoms with Gasteiger partial charge in [-0.05, 0) is 43.2 Å². The van der Waals surface area contributed by atoms with Crippen LogP contribution >= 0.6 is 24.0 Å². The Balaban J connectivity index is 0.00000341. The molecule has 8 nitrogen and oxygen atoms in total. The Labute approximate surface area is 199 Å². The number of aliphatic imine (C=N–C) groups is 1. The van der Waals surface area contributed by atoms with Crippen LogP contribution in [0, 0.1) is 0 Å². The van der Waals surface area contributed by atoms with E-state index in [2.05, 4.69) is 31.1 Å². The Morgan fingerprint density at radius 1 is 1.10 bits per heavy atom. The maximum atomic E-state index is 11.8. The first-order chi connectivity index (χ1) is 14.7. The van der Waals surface area contributed by atoms with E-state index in [4.69, 9.17) is 0 Å². The first-order valence-electron chi connectivity index (χ1n) is 9.98. The van der Waals surface area contributed by atoms with Crippen LogP contribution in [0.25, 0.3) is 5.69 Å². The zero-order valence-electron chi connectivity index (χ0n) is 17.7. The zero-order chi connectivity index (χ0) is 21.2. The largest absolute Gasteiger partial charge is 0.357 e. The third-order valence-electron chi connectivity index (χ3n) is 4.50. The predicted molar refractivity (Wildman–Crippen MR) is 133 cm³/mol. The summed E-state index contributed by atoms with van der Waals surface area (Å²) in [6.45, 7) is 3.87. The van der Waals surface area contributed by atoms with Crippen molar-refractivity contribution in [1.29, 1.82) is 0 Å². The fourth-order valence-corrected chi connectivity index (χ4v) is 3.00. The number of guanidine groups is 1. The molecule has 3 rings (SSSR count). The molecule has 0 unspecified atom stereocenters. The maximum Gasteiger partial charge on any atom is 0.251 e. The molecule has 0 aliphatic heterocycles. The quantitative estimate of drug-likeness (QED) is 0.235. The van der Waals surface area contributed by atoms with E-state index in [1.807, 2.05) is 66.1 Å². The molecule has 0 spiro atoms. The molecule has 164 valence electrons. The van der Waals surface area contributed by atoms with E-state index >= 15 is 0 Å². The SMILES string of the molecule is CCNC(=NCc1nncn1-c1ccccc1)NCCc1cccc(C(=O)NC)c1.I. The lowest BCUT2D eigenvalue weighted by atomic mass is 10.1. The third-order valence-corrected chi connectivity index (χ3v) is 4.50. The first kappa shape index (κ1) is 24.3. The highest BCUT2D eigenvalue weighted by Crippen LogP contribution is 2.09. The molecular weight excluding hydrogens is 505 g/mol. The van der Waals surface area contributed by atoms with Gasteiger partial charge in [-0.3, -0.25) is 9.36 Å². The summed E-state index contributed by atoms with van der Waals surface area (Å²) < 4.78 is 1.93. The minimum Gasteiger partial charge on any atom is -0.357 e. The van der Waals surface area contributed by atoms with Gasteiger partial charge in [-0.15, -0.1) is 34.2 Å². The average molecular weight is 533 g/mol. The monoisotopic (exact) mass is 533 g/mol. The summed E-state index contributed by atoms with van der Waals surface area (Å²) in [5, 5.41) is 17.5. The first-order valence-corrected chi connectivity index (χ1v) is 9.98. The Hall–Kier alpha value is -2.95. The van der Waals surface area contributed by atoms with Crippen LogP contribution in [0.3, 0.4) is 0 Å². The van der Waals surface area contributed by atoms with E-state index in [0.29, 0.717) is 24.6 Å². The van der Waals surface area contributed by atoms with Gasteiger partial charge in [0.25, 0.3) is 5.91 Å². The molecule has 0 aliphatic rings. The topological polar surface area (TPSA) is 96.2 Å². The van der Waals surface area contributed by atoms with Crippen molar-refractivity contribution in [1.82, 2.24) is 30.7 Å². The second-order valence-corrected chi connectivity index (χ2v) is 6.60. The molecule has 0 atom stereocenters. The van der Waals surface area contributed by atoms with Crippen LogP contribution in [0.2, 0.25) is 0 Å². The van der Waals surface area contributed by atoms with Crippen molar-refractivity contribution in [3.8, 4) is 5.69 Å². The van der Waals surface area contributed by atoms with Crippen LogP contribution in [-0.2, 0) is 13.0 Å². The third kappa shape index (κ3) is 7.06. The summed E-state index contributed by atoms with van der Waals surface area (Å²) in [6.07, 6.45) is 2.47. The number of benzene rings is 2. The summed E-state index contributed by atoms with van der Waals surface area (Å²) in [5.41, 5.74) is 2.75. The van der Waals surface area contributed by atoms with E-state index in [-0.39, 0.29) is 29.9 Å². The molecule has 0 bridgehead atoms. The van der Waals surface area contributed by atoms with Crippen LogP contribution in [0.1, 0.15) is 28.7 Å². The van der Waals surface area contributed by atoms with E-state index in [9.17, 15) is 4.79 Å². The number of hydrogen-bond donors (Lipinski definition) is 3. The van der Waals surface area contributed by atoms with E-state index in [1.54, 1.807) is 13.4 Å². The van der Waals surface area contributed by atoms with Gasteiger partial charge in [0.05, 0.1) is 0 Å². The summed E-state index contributed by atoms with van der Waals surface area (Å²) in [6, 6.07) is 17.6. The van der Waals surface area contributed by atoms with Gasteiger partial charge in [-0.2, -0.15) is 0 Å². The smallest absolute Gasteiger partial charge is 0.251 e. The number of amides is 1. The number of nitrogens with zero attached hydrogens (tertiary/aromatic N) is 4. The van der Waals surface area contributed by atoms with E-state index < -0.39 is 0 Å². The summed E-state index contributed by atoms with van der Waals surface area (Å²) in [4.78, 5) is 16.4. The number of carbonyl (C=O) groups excluding carboxylic acids is 1. The van der Waals surface area contributed by atoms with Crippen molar-refractivity contribution in [3.05, 3.63) is 77.9 Å². The molecule has 9 heteroatoms. The van der Waals surface area contributed by atoms with Gasteiger partial charge in [0.2, 0.25) is 0 Å². The molecule has 0 fully saturated rings. The number of aromatic nitrogens is 3. The van der Waals surface area contributed by atoms with Crippen molar-refractivity contribution in [3.63, 3.8) is 0 Å². The van der Waals surface area contributed by atoms with Gasteiger partial charge < -0.3 is 16.0 Å². The van der Waals surface area contributed by atoms with Gasteiger partial charge in [0.1, 0.15) is 12.9 Å². The average Bonchev–Trinajstić information content (AvgIpc) is 3.26. The van der Waals surface area contributed by atoms with Crippen molar-refractivity contribution < 1.29 is 4.79 Å². The van der Waals surface area contributed by atoms with Crippen LogP contribution in [0.4, 0.5) is 0 Å². The van der Waals surface area contributed by atoms with Crippen LogP contribution in [0.15, 0.2) is 65.9 Å². The predicted octanol–water partition coefficient (Wildman–Crippen LogP) is 2.54. The molecule has 3 aromatic rings. The summed E-state index contributed by atoms with van der Waals surface area (Å²) in [5.74, 6) is 1.39. The van der Waals surface area contributed by atoms with E-state index in [1.165, 1.54) is 0 Å². The van der Waals surface area contributed by atoms with Crippen LogP contribution < -0.4 is 16.0 Å². The minimum absolute atomic E-state index is 0. The van der Waals surface area contributed by atoms with Crippen molar-refractivity contribution >= 4 is 35.8 Å². The van der Waals surface area contributed by atoms with Crippen molar-refractivity contribution in [2.75, 3.05) is 20.1 Å². The highest BCUT2D eigenvalue weighted by molar-refractivity contribution is 14.0.